The Morgan fingerprint density at radius 3 is 2.70 bits per heavy atom. The zero-order chi connectivity index (χ0) is 22.1. The zero-order valence-electron chi connectivity index (χ0n) is 16.3. The molecule has 2 amide bonds. The van der Waals surface area contributed by atoms with Gasteiger partial charge < -0.3 is 15.0 Å². The minimum Gasteiger partial charge on any atom is -0.496 e. The topological polar surface area (TPSA) is 76.5 Å². The quantitative estimate of drug-likeness (QED) is 0.769. The highest BCUT2D eigenvalue weighted by molar-refractivity contribution is 6.30. The number of ether oxygens (including phenoxy) is 1. The lowest BCUT2D eigenvalue weighted by atomic mass is 10.0. The van der Waals surface area contributed by atoms with Gasteiger partial charge in [-0.3, -0.25) is 9.48 Å². The van der Waals surface area contributed by atoms with Gasteiger partial charge in [0, 0.05) is 48.3 Å². The number of urea groups is 1. The van der Waals surface area contributed by atoms with Crippen molar-refractivity contribution in [1.82, 2.24) is 20.0 Å². The number of nitrogens with one attached hydrogen (secondary N) is 1. The number of nitrogens with zero attached hydrogens (tertiary/aromatic N) is 3. The fourth-order valence-electron chi connectivity index (χ4n) is 3.50. The Kier molecular flexibility index (Phi) is 6.25. The van der Waals surface area contributed by atoms with E-state index < -0.39 is 17.9 Å². The average molecular weight is 445 g/mol. The Balaban J connectivity index is 1.87. The van der Waals surface area contributed by atoms with Crippen LogP contribution in [-0.2, 0) is 36.9 Å². The maximum atomic E-state index is 13.5. The largest absolute Gasteiger partial charge is 0.496 e. The predicted octanol–water partition coefficient (Wildman–Crippen LogP) is 3.07. The van der Waals surface area contributed by atoms with Crippen molar-refractivity contribution in [2.45, 2.75) is 32.1 Å². The van der Waals surface area contributed by atoms with Crippen LogP contribution < -0.4 is 10.1 Å². The number of alkyl halides is 3. The fraction of sp³-hybridized carbons (Fsp3) is 0.421. The number of ketones is 1. The molecule has 0 unspecified atom stereocenters. The van der Waals surface area contributed by atoms with Gasteiger partial charge in [0.05, 0.1) is 13.7 Å². The van der Waals surface area contributed by atoms with Gasteiger partial charge in [0.15, 0.2) is 11.5 Å². The van der Waals surface area contributed by atoms with E-state index in [1.807, 2.05) is 0 Å². The van der Waals surface area contributed by atoms with Gasteiger partial charge in [0.2, 0.25) is 0 Å². The lowest BCUT2D eigenvalue weighted by molar-refractivity contribution is -0.142. The van der Waals surface area contributed by atoms with E-state index in [1.54, 1.807) is 18.2 Å². The molecule has 1 aliphatic heterocycles. The van der Waals surface area contributed by atoms with E-state index in [0.717, 1.165) is 4.68 Å². The van der Waals surface area contributed by atoms with Gasteiger partial charge in [-0.1, -0.05) is 11.6 Å². The van der Waals surface area contributed by atoms with Crippen molar-refractivity contribution in [3.05, 3.63) is 45.7 Å². The SMILES string of the molecule is CNC(=O)N1CCc2c(c(C(F)(F)F)nn2CC(=O)Cc2cc(Cl)ccc2OC)C1. The summed E-state index contributed by atoms with van der Waals surface area (Å²) in [5, 5.41) is 6.51. The van der Waals surface area contributed by atoms with Crippen LogP contribution in [0.3, 0.4) is 0 Å². The molecule has 2 heterocycles. The number of halogens is 4. The number of methoxy groups -OCH3 is 1. The average Bonchev–Trinajstić information content (AvgIpc) is 3.05. The van der Waals surface area contributed by atoms with Crippen molar-refractivity contribution >= 4 is 23.4 Å². The summed E-state index contributed by atoms with van der Waals surface area (Å²) in [6.07, 6.45) is -4.59. The van der Waals surface area contributed by atoms with Crippen LogP contribution in [0, 0.1) is 0 Å². The minimum atomic E-state index is -4.69. The van der Waals surface area contributed by atoms with Gasteiger partial charge in [-0.2, -0.15) is 18.3 Å². The highest BCUT2D eigenvalue weighted by Gasteiger charge is 2.41. The molecule has 1 aromatic heterocycles. The Labute approximate surface area is 175 Å². The highest BCUT2D eigenvalue weighted by atomic mass is 35.5. The Morgan fingerprint density at radius 1 is 1.33 bits per heavy atom. The Hall–Kier alpha value is -2.75. The molecule has 11 heteroatoms. The number of carbonyl (C=O) groups excluding carboxylic acids is 2. The van der Waals surface area contributed by atoms with Crippen molar-refractivity contribution < 1.29 is 27.5 Å². The summed E-state index contributed by atoms with van der Waals surface area (Å²) in [5.41, 5.74) is -0.295. The molecule has 1 N–H and O–H groups in total. The molecule has 0 radical (unpaired) electrons. The first-order valence-corrected chi connectivity index (χ1v) is 9.48. The molecule has 0 bridgehead atoms. The van der Waals surface area contributed by atoms with E-state index in [-0.39, 0.29) is 43.8 Å². The first-order valence-electron chi connectivity index (χ1n) is 9.10. The molecule has 2 aromatic rings. The first kappa shape index (κ1) is 21.9. The van der Waals surface area contributed by atoms with Crippen molar-refractivity contribution in [3.63, 3.8) is 0 Å². The van der Waals surface area contributed by atoms with E-state index in [2.05, 4.69) is 10.4 Å². The second-order valence-corrected chi connectivity index (χ2v) is 7.26. The normalized spacial score (nSPS) is 13.7. The summed E-state index contributed by atoms with van der Waals surface area (Å²) >= 11 is 5.97. The van der Waals surface area contributed by atoms with Crippen LogP contribution in [-0.4, -0.2) is 47.2 Å². The molecule has 0 saturated heterocycles. The van der Waals surface area contributed by atoms with Crippen molar-refractivity contribution in [2.24, 2.45) is 0 Å². The maximum absolute atomic E-state index is 13.5. The third-order valence-corrected chi connectivity index (χ3v) is 5.09. The van der Waals surface area contributed by atoms with Crippen LogP contribution in [0.1, 0.15) is 22.5 Å². The molecule has 0 atom stereocenters. The summed E-state index contributed by atoms with van der Waals surface area (Å²) < 4.78 is 46.9. The number of carbonyl (C=O) groups is 2. The minimum absolute atomic E-state index is 0.0654. The van der Waals surface area contributed by atoms with E-state index in [9.17, 15) is 22.8 Å². The number of Topliss-reactive ketones (excluding diaryl/α,β-unsaturated/α-hetero) is 1. The van der Waals surface area contributed by atoms with E-state index in [0.29, 0.717) is 22.0 Å². The smallest absolute Gasteiger partial charge is 0.435 e. The van der Waals surface area contributed by atoms with Crippen LogP contribution in [0.15, 0.2) is 18.2 Å². The Morgan fingerprint density at radius 2 is 2.07 bits per heavy atom. The van der Waals surface area contributed by atoms with E-state index >= 15 is 0 Å². The molecule has 0 aliphatic carbocycles. The van der Waals surface area contributed by atoms with Crippen molar-refractivity contribution in [2.75, 3.05) is 20.7 Å². The summed E-state index contributed by atoms with van der Waals surface area (Å²) in [4.78, 5) is 25.7. The number of rotatable bonds is 5. The van der Waals surface area contributed by atoms with Gasteiger partial charge in [-0.15, -0.1) is 0 Å². The van der Waals surface area contributed by atoms with Gasteiger partial charge in [-0.05, 0) is 18.2 Å². The predicted molar refractivity (Wildman–Crippen MR) is 103 cm³/mol. The molecular weight excluding hydrogens is 425 g/mol. The molecule has 7 nitrogen and oxygen atoms in total. The molecule has 0 fully saturated rings. The standard InChI is InChI=1S/C19H20ClF3N4O3/c1-24-18(29)26-6-5-15-14(10-26)17(19(21,22)23)25-27(15)9-13(28)8-11-7-12(20)3-4-16(11)30-2/h3-4,7H,5-6,8-10H2,1-2H3,(H,24,29). The van der Waals surface area contributed by atoms with E-state index in [1.165, 1.54) is 19.1 Å². The summed E-state index contributed by atoms with van der Waals surface area (Å²) in [7, 11) is 2.86. The number of hydrogen-bond donors (Lipinski definition) is 1. The molecule has 0 saturated carbocycles. The Bertz CT molecular complexity index is 975. The summed E-state index contributed by atoms with van der Waals surface area (Å²) in [6.45, 7) is -0.319. The van der Waals surface area contributed by atoms with Crippen LogP contribution >= 0.6 is 11.6 Å². The monoisotopic (exact) mass is 444 g/mol. The molecule has 1 aromatic carbocycles. The second kappa shape index (κ2) is 8.55. The summed E-state index contributed by atoms with van der Waals surface area (Å²) in [6, 6.07) is 4.35. The lowest BCUT2D eigenvalue weighted by Gasteiger charge is -2.27. The third kappa shape index (κ3) is 4.53. The van der Waals surface area contributed by atoms with Crippen LogP contribution in [0.2, 0.25) is 5.02 Å². The molecule has 0 spiro atoms. The van der Waals surface area contributed by atoms with Crippen molar-refractivity contribution in [1.29, 1.82) is 0 Å². The first-order chi connectivity index (χ1) is 14.1. The molecular formula is C19H20ClF3N4O3. The van der Waals surface area contributed by atoms with Crippen LogP contribution in [0.4, 0.5) is 18.0 Å². The number of benzene rings is 1. The zero-order valence-corrected chi connectivity index (χ0v) is 17.1. The molecule has 162 valence electrons. The van der Waals surface area contributed by atoms with E-state index in [4.69, 9.17) is 16.3 Å². The number of fused-ring (bicyclic) bond motifs is 1. The van der Waals surface area contributed by atoms with Gasteiger partial charge >= 0.3 is 12.2 Å². The fourth-order valence-corrected chi connectivity index (χ4v) is 3.70. The number of hydrogen-bond acceptors (Lipinski definition) is 4. The molecule has 3 rings (SSSR count). The van der Waals surface area contributed by atoms with Gasteiger partial charge in [0.25, 0.3) is 0 Å². The number of amides is 2. The maximum Gasteiger partial charge on any atom is 0.435 e. The third-order valence-electron chi connectivity index (χ3n) is 4.86. The molecule has 1 aliphatic rings. The second-order valence-electron chi connectivity index (χ2n) is 6.83. The van der Waals surface area contributed by atoms with Gasteiger partial charge in [-0.25, -0.2) is 4.79 Å². The highest BCUT2D eigenvalue weighted by Crippen LogP contribution is 2.35. The summed E-state index contributed by atoms with van der Waals surface area (Å²) in [5.74, 6) is 0.121. The molecule has 30 heavy (non-hydrogen) atoms. The van der Waals surface area contributed by atoms with Crippen molar-refractivity contribution in [3.8, 4) is 5.75 Å². The lowest BCUT2D eigenvalue weighted by Crippen LogP contribution is -2.41. The van der Waals surface area contributed by atoms with Gasteiger partial charge in [0.1, 0.15) is 12.3 Å². The van der Waals surface area contributed by atoms with Crippen LogP contribution in [0.25, 0.3) is 0 Å². The number of aromatic nitrogens is 2. The van der Waals surface area contributed by atoms with Crippen LogP contribution in [0.5, 0.6) is 5.75 Å².